The van der Waals surface area contributed by atoms with Crippen LogP contribution in [0.4, 0.5) is 0 Å². The number of carbonyl (C=O) groups is 1. The molecule has 2 rings (SSSR count). The first-order chi connectivity index (χ1) is 11.6. The number of hydrogen-bond donors (Lipinski definition) is 0. The first kappa shape index (κ1) is 19.4. The van der Waals surface area contributed by atoms with Crippen molar-refractivity contribution < 1.29 is 9.53 Å². The quantitative estimate of drug-likeness (QED) is 0.384. The Morgan fingerprint density at radius 1 is 1.25 bits per heavy atom. The second-order valence-electron chi connectivity index (χ2n) is 5.76. The molecule has 0 aliphatic heterocycles. The molecular weight excluding hydrogens is 390 g/mol. The zero-order valence-electron chi connectivity index (χ0n) is 14.7. The molecule has 2 aromatic rings. The number of aromatic nitrogens is 3. The van der Waals surface area contributed by atoms with E-state index < -0.39 is 0 Å². The van der Waals surface area contributed by atoms with Gasteiger partial charge < -0.3 is 4.74 Å². The number of carbonyl (C=O) groups excluding carboxylic acids is 1. The van der Waals surface area contributed by atoms with E-state index >= 15 is 0 Å². The highest BCUT2D eigenvalue weighted by Crippen LogP contribution is 2.35. The van der Waals surface area contributed by atoms with E-state index in [1.165, 1.54) is 45.4 Å². The standard InChI is InChI=1S/C17H26BrN3O2S/c1-4-6-7-8-9-10-11-24-15-14(18)12-20-16(15)21(13(3)22)17(19-20)23-5-2/h12H,4-11H2,1-3H3. The highest BCUT2D eigenvalue weighted by atomic mass is 79.9. The van der Waals surface area contributed by atoms with Crippen LogP contribution in [0.5, 0.6) is 6.01 Å². The molecule has 24 heavy (non-hydrogen) atoms. The Morgan fingerprint density at radius 2 is 1.96 bits per heavy atom. The van der Waals surface area contributed by atoms with E-state index in [-0.39, 0.29) is 5.91 Å². The Hall–Kier alpha value is -0.950. The van der Waals surface area contributed by atoms with Gasteiger partial charge in [0.1, 0.15) is 0 Å². The van der Waals surface area contributed by atoms with Crippen LogP contribution >= 0.6 is 27.7 Å². The van der Waals surface area contributed by atoms with Crippen LogP contribution in [-0.2, 0) is 0 Å². The van der Waals surface area contributed by atoms with Gasteiger partial charge in [0.15, 0.2) is 5.65 Å². The Labute approximate surface area is 156 Å². The Balaban J connectivity index is 2.09. The lowest BCUT2D eigenvalue weighted by molar-refractivity contribution is 0.0927. The summed E-state index contributed by atoms with van der Waals surface area (Å²) in [5.74, 6) is 0.949. The molecule has 0 saturated carbocycles. The molecule has 7 heteroatoms. The molecule has 2 aromatic heterocycles. The topological polar surface area (TPSA) is 48.5 Å². The first-order valence-electron chi connectivity index (χ1n) is 8.66. The fraction of sp³-hybridized carbons (Fsp3) is 0.647. The van der Waals surface area contributed by atoms with Gasteiger partial charge in [-0.1, -0.05) is 39.0 Å². The Bertz CT molecular complexity index is 681. The van der Waals surface area contributed by atoms with Gasteiger partial charge >= 0.3 is 6.01 Å². The second kappa shape index (κ2) is 9.51. The van der Waals surface area contributed by atoms with Crippen molar-refractivity contribution in [3.8, 4) is 6.01 Å². The molecule has 0 aliphatic carbocycles. The molecule has 0 aromatic carbocycles. The minimum Gasteiger partial charge on any atom is -0.464 e. The maximum absolute atomic E-state index is 12.1. The first-order valence-corrected chi connectivity index (χ1v) is 10.4. The predicted octanol–water partition coefficient (Wildman–Crippen LogP) is 5.41. The summed E-state index contributed by atoms with van der Waals surface area (Å²) in [6, 6.07) is 0.355. The predicted molar refractivity (Wildman–Crippen MR) is 102 cm³/mol. The molecule has 0 aliphatic rings. The van der Waals surface area contributed by atoms with Crippen LogP contribution in [0.15, 0.2) is 15.6 Å². The number of thioether (sulfide) groups is 1. The molecule has 2 heterocycles. The van der Waals surface area contributed by atoms with Crippen LogP contribution in [-0.4, -0.2) is 32.4 Å². The summed E-state index contributed by atoms with van der Waals surface area (Å²) in [5.41, 5.74) is 0.786. The zero-order valence-corrected chi connectivity index (χ0v) is 17.1. The van der Waals surface area contributed by atoms with Crippen molar-refractivity contribution >= 4 is 39.2 Å². The largest absolute Gasteiger partial charge is 0.464 e. The van der Waals surface area contributed by atoms with E-state index in [1.54, 1.807) is 20.8 Å². The Morgan fingerprint density at radius 3 is 2.62 bits per heavy atom. The highest BCUT2D eigenvalue weighted by Gasteiger charge is 2.21. The minimum atomic E-state index is -0.0898. The van der Waals surface area contributed by atoms with Crippen LogP contribution in [0.2, 0.25) is 0 Å². The van der Waals surface area contributed by atoms with Crippen LogP contribution in [0.1, 0.15) is 64.1 Å². The fourth-order valence-corrected chi connectivity index (χ4v) is 4.41. The van der Waals surface area contributed by atoms with Crippen molar-refractivity contribution in [2.24, 2.45) is 0 Å². The number of fused-ring (bicyclic) bond motifs is 1. The van der Waals surface area contributed by atoms with Gasteiger partial charge in [0.05, 0.1) is 16.0 Å². The SMILES string of the molecule is CCCCCCCCSc1c(Br)cn2nc(OCC)n(C(C)=O)c12. The number of ether oxygens (including phenoxy) is 1. The van der Waals surface area contributed by atoms with Crippen molar-refractivity contribution in [2.75, 3.05) is 12.4 Å². The number of unbranched alkanes of at least 4 members (excludes halogenated alkanes) is 5. The highest BCUT2D eigenvalue weighted by molar-refractivity contribution is 9.10. The van der Waals surface area contributed by atoms with Gasteiger partial charge in [-0.05, 0) is 35.0 Å². The van der Waals surface area contributed by atoms with Crippen molar-refractivity contribution in [1.82, 2.24) is 14.2 Å². The normalized spacial score (nSPS) is 11.3. The summed E-state index contributed by atoms with van der Waals surface area (Å²) in [5, 5.41) is 4.38. The van der Waals surface area contributed by atoms with E-state index in [2.05, 4.69) is 28.0 Å². The Kier molecular flexibility index (Phi) is 7.68. The molecule has 0 bridgehead atoms. The molecule has 0 unspecified atom stereocenters. The third kappa shape index (κ3) is 4.57. The molecule has 0 N–H and O–H groups in total. The number of hydrogen-bond acceptors (Lipinski definition) is 4. The van der Waals surface area contributed by atoms with E-state index in [1.807, 2.05) is 13.1 Å². The number of rotatable bonds is 10. The van der Waals surface area contributed by atoms with E-state index in [9.17, 15) is 4.79 Å². The molecule has 5 nitrogen and oxygen atoms in total. The van der Waals surface area contributed by atoms with Gasteiger partial charge in [-0.3, -0.25) is 4.79 Å². The monoisotopic (exact) mass is 415 g/mol. The summed E-state index contributed by atoms with van der Waals surface area (Å²) in [4.78, 5) is 13.1. The van der Waals surface area contributed by atoms with E-state index in [0.717, 1.165) is 20.8 Å². The van der Waals surface area contributed by atoms with Crippen LogP contribution in [0.3, 0.4) is 0 Å². The van der Waals surface area contributed by atoms with Crippen LogP contribution in [0, 0.1) is 0 Å². The average Bonchev–Trinajstić information content (AvgIpc) is 3.02. The summed E-state index contributed by atoms with van der Waals surface area (Å²) >= 11 is 5.37. The van der Waals surface area contributed by atoms with Crippen molar-refractivity contribution in [3.63, 3.8) is 0 Å². The summed E-state index contributed by atoms with van der Waals surface area (Å²) < 4.78 is 9.75. The lowest BCUT2D eigenvalue weighted by Gasteiger charge is -2.06. The lowest BCUT2D eigenvalue weighted by atomic mass is 10.1. The number of nitrogens with zero attached hydrogens (tertiary/aromatic N) is 3. The molecule has 0 fully saturated rings. The maximum Gasteiger partial charge on any atom is 0.322 e. The van der Waals surface area contributed by atoms with Gasteiger partial charge in [0, 0.05) is 13.1 Å². The maximum atomic E-state index is 12.1. The van der Waals surface area contributed by atoms with E-state index in [0.29, 0.717) is 12.6 Å². The van der Waals surface area contributed by atoms with Crippen molar-refractivity contribution in [3.05, 3.63) is 10.7 Å². The fourth-order valence-electron chi connectivity index (χ4n) is 2.64. The van der Waals surface area contributed by atoms with Crippen molar-refractivity contribution in [2.45, 2.75) is 64.2 Å². The van der Waals surface area contributed by atoms with Gasteiger partial charge in [-0.25, -0.2) is 9.08 Å². The van der Waals surface area contributed by atoms with Gasteiger partial charge in [0.2, 0.25) is 5.91 Å². The van der Waals surface area contributed by atoms with Crippen LogP contribution in [0.25, 0.3) is 5.65 Å². The molecule has 0 atom stereocenters. The molecule has 0 saturated heterocycles. The summed E-state index contributed by atoms with van der Waals surface area (Å²) in [7, 11) is 0. The molecule has 134 valence electrons. The van der Waals surface area contributed by atoms with Gasteiger partial charge in [-0.15, -0.1) is 16.9 Å². The third-order valence-electron chi connectivity index (χ3n) is 3.80. The molecule has 0 radical (unpaired) electrons. The summed E-state index contributed by atoms with van der Waals surface area (Å²) in [6.45, 7) is 6.14. The van der Waals surface area contributed by atoms with Crippen LogP contribution < -0.4 is 4.74 Å². The molecular formula is C17H26BrN3O2S. The third-order valence-corrected chi connectivity index (χ3v) is 5.85. The number of halogens is 1. The van der Waals surface area contributed by atoms with E-state index in [4.69, 9.17) is 4.74 Å². The van der Waals surface area contributed by atoms with Gasteiger partial charge in [-0.2, -0.15) is 0 Å². The minimum absolute atomic E-state index is 0.0898. The van der Waals surface area contributed by atoms with Crippen molar-refractivity contribution in [1.29, 1.82) is 0 Å². The van der Waals surface area contributed by atoms with Gasteiger partial charge in [0.25, 0.3) is 0 Å². The molecule has 0 spiro atoms. The smallest absolute Gasteiger partial charge is 0.322 e. The lowest BCUT2D eigenvalue weighted by Crippen LogP contribution is -2.09. The average molecular weight is 416 g/mol. The summed E-state index contributed by atoms with van der Waals surface area (Å²) in [6.07, 6.45) is 9.58. The second-order valence-corrected chi connectivity index (χ2v) is 7.72. The zero-order chi connectivity index (χ0) is 17.5. The molecule has 0 amide bonds.